The van der Waals surface area contributed by atoms with Gasteiger partial charge in [-0.2, -0.15) is 4.31 Å². The predicted molar refractivity (Wildman–Crippen MR) is 111 cm³/mol. The summed E-state index contributed by atoms with van der Waals surface area (Å²) in [5.74, 6) is 0.0395. The summed E-state index contributed by atoms with van der Waals surface area (Å²) in [6, 6.07) is 9.42. The van der Waals surface area contributed by atoms with Gasteiger partial charge in [-0.05, 0) is 38.8 Å². The summed E-state index contributed by atoms with van der Waals surface area (Å²) in [7, 11) is -3.45. The standard InChI is InChI=1S/C21H27N3O4S/c1-14-12-24(13-15(2)28-14)29(26,27)10-9-22-21(25)18-11-20(16-7-8-16)23-19-6-4-3-5-17(18)19/h3-6,11,14-16H,7-10,12-13H2,1-2H3,(H,22,25). The molecular weight excluding hydrogens is 390 g/mol. The first kappa shape index (κ1) is 20.3. The Hall–Kier alpha value is -2.03. The van der Waals surface area contributed by atoms with Crippen molar-refractivity contribution in [3.05, 3.63) is 41.6 Å². The number of amides is 1. The van der Waals surface area contributed by atoms with Crippen molar-refractivity contribution < 1.29 is 17.9 Å². The lowest BCUT2D eigenvalue weighted by atomic mass is 10.1. The van der Waals surface area contributed by atoms with E-state index in [1.807, 2.05) is 44.2 Å². The number of nitrogens with zero attached hydrogens (tertiary/aromatic N) is 2. The highest BCUT2D eigenvalue weighted by Crippen LogP contribution is 2.40. The van der Waals surface area contributed by atoms with Gasteiger partial charge in [0.25, 0.3) is 5.91 Å². The summed E-state index contributed by atoms with van der Waals surface area (Å²) < 4.78 is 32.4. The van der Waals surface area contributed by atoms with E-state index in [4.69, 9.17) is 4.74 Å². The number of hydrogen-bond donors (Lipinski definition) is 1. The van der Waals surface area contributed by atoms with Crippen LogP contribution in [0, 0.1) is 0 Å². The zero-order valence-corrected chi connectivity index (χ0v) is 17.6. The third kappa shape index (κ3) is 4.60. The second-order valence-corrected chi connectivity index (χ2v) is 10.1. The van der Waals surface area contributed by atoms with Crippen molar-refractivity contribution in [3.8, 4) is 0 Å². The van der Waals surface area contributed by atoms with Crippen LogP contribution in [0.5, 0.6) is 0 Å². The lowest BCUT2D eigenvalue weighted by Crippen LogP contribution is -2.49. The second kappa shape index (κ2) is 8.01. The Kier molecular flexibility index (Phi) is 5.59. The topological polar surface area (TPSA) is 88.6 Å². The predicted octanol–water partition coefficient (Wildman–Crippen LogP) is 2.28. The van der Waals surface area contributed by atoms with Crippen molar-refractivity contribution >= 4 is 26.8 Å². The summed E-state index contributed by atoms with van der Waals surface area (Å²) in [4.78, 5) is 17.5. The van der Waals surface area contributed by atoms with Crippen LogP contribution in [0.15, 0.2) is 30.3 Å². The molecule has 0 spiro atoms. The minimum absolute atomic E-state index is 0.0662. The van der Waals surface area contributed by atoms with Crippen LogP contribution >= 0.6 is 0 Å². The van der Waals surface area contributed by atoms with Gasteiger partial charge in [-0.15, -0.1) is 0 Å². The van der Waals surface area contributed by atoms with Gasteiger partial charge in [0.05, 0.1) is 29.0 Å². The summed E-state index contributed by atoms with van der Waals surface area (Å²) >= 11 is 0. The second-order valence-electron chi connectivity index (χ2n) is 8.03. The SMILES string of the molecule is CC1CN(S(=O)(=O)CCNC(=O)c2cc(C3CC3)nc3ccccc23)CC(C)O1. The maximum Gasteiger partial charge on any atom is 0.252 e. The van der Waals surface area contributed by atoms with Crippen molar-refractivity contribution in [1.29, 1.82) is 0 Å². The Bertz CT molecular complexity index is 1010. The monoisotopic (exact) mass is 417 g/mol. The van der Waals surface area contributed by atoms with Crippen LogP contribution < -0.4 is 5.32 Å². The fourth-order valence-electron chi connectivity index (χ4n) is 3.85. The molecule has 29 heavy (non-hydrogen) atoms. The molecule has 2 fully saturated rings. The Morgan fingerprint density at radius 2 is 1.90 bits per heavy atom. The van der Waals surface area contributed by atoms with Crippen LogP contribution in [0.3, 0.4) is 0 Å². The Morgan fingerprint density at radius 1 is 1.21 bits per heavy atom. The van der Waals surface area contributed by atoms with Gasteiger partial charge in [0, 0.05) is 36.6 Å². The molecule has 0 radical (unpaired) electrons. The molecule has 1 aliphatic heterocycles. The zero-order chi connectivity index (χ0) is 20.6. The van der Waals surface area contributed by atoms with Gasteiger partial charge in [0.1, 0.15) is 0 Å². The number of nitrogens with one attached hydrogen (secondary N) is 1. The number of benzene rings is 1. The van der Waals surface area contributed by atoms with Gasteiger partial charge in [0.2, 0.25) is 10.0 Å². The summed E-state index contributed by atoms with van der Waals surface area (Å²) in [5.41, 5.74) is 2.30. The maximum absolute atomic E-state index is 12.9. The Morgan fingerprint density at radius 3 is 2.59 bits per heavy atom. The fourth-order valence-corrected chi connectivity index (χ4v) is 5.34. The van der Waals surface area contributed by atoms with Crippen molar-refractivity contribution in [2.75, 3.05) is 25.4 Å². The Labute approximate surface area is 171 Å². The third-order valence-electron chi connectivity index (χ3n) is 5.40. The molecule has 2 atom stereocenters. The average molecular weight is 418 g/mol. The number of ether oxygens (including phenoxy) is 1. The largest absolute Gasteiger partial charge is 0.373 e. The highest BCUT2D eigenvalue weighted by Gasteiger charge is 2.31. The minimum Gasteiger partial charge on any atom is -0.373 e. The number of hydrogen-bond acceptors (Lipinski definition) is 5. The maximum atomic E-state index is 12.9. The zero-order valence-electron chi connectivity index (χ0n) is 16.8. The van der Waals surface area contributed by atoms with Crippen LogP contribution in [0.1, 0.15) is 48.7 Å². The van der Waals surface area contributed by atoms with E-state index in [1.54, 1.807) is 0 Å². The van der Waals surface area contributed by atoms with Crippen LogP contribution in [-0.4, -0.2) is 61.2 Å². The Balaban J connectivity index is 1.45. The first-order valence-corrected chi connectivity index (χ1v) is 11.8. The van der Waals surface area contributed by atoms with E-state index < -0.39 is 10.0 Å². The van der Waals surface area contributed by atoms with E-state index >= 15 is 0 Å². The molecule has 2 heterocycles. The highest BCUT2D eigenvalue weighted by atomic mass is 32.2. The first-order chi connectivity index (χ1) is 13.8. The number of pyridine rings is 1. The molecule has 8 heteroatoms. The molecule has 1 aromatic heterocycles. The van der Waals surface area contributed by atoms with Crippen molar-refractivity contribution in [3.63, 3.8) is 0 Å². The van der Waals surface area contributed by atoms with Gasteiger partial charge >= 0.3 is 0 Å². The molecule has 2 aliphatic rings. The molecule has 2 unspecified atom stereocenters. The van der Waals surface area contributed by atoms with Crippen molar-refractivity contribution in [1.82, 2.24) is 14.6 Å². The van der Waals surface area contributed by atoms with Gasteiger partial charge in [-0.3, -0.25) is 9.78 Å². The minimum atomic E-state index is -3.45. The van der Waals surface area contributed by atoms with Crippen molar-refractivity contribution in [2.45, 2.75) is 44.8 Å². The number of carbonyl (C=O) groups excluding carboxylic acids is 1. The number of morpholine rings is 1. The molecule has 156 valence electrons. The molecule has 1 aromatic carbocycles. The molecule has 1 aliphatic carbocycles. The molecular formula is C21H27N3O4S. The summed E-state index contributed by atoms with van der Waals surface area (Å²) in [6.45, 7) is 4.50. The highest BCUT2D eigenvalue weighted by molar-refractivity contribution is 7.89. The van der Waals surface area contributed by atoms with Crippen molar-refractivity contribution in [2.24, 2.45) is 0 Å². The van der Waals surface area contributed by atoms with Crippen LogP contribution in [0.25, 0.3) is 10.9 Å². The molecule has 7 nitrogen and oxygen atoms in total. The smallest absolute Gasteiger partial charge is 0.252 e. The van der Waals surface area contributed by atoms with E-state index in [0.29, 0.717) is 24.6 Å². The average Bonchev–Trinajstić information content (AvgIpc) is 3.51. The summed E-state index contributed by atoms with van der Waals surface area (Å²) in [6.07, 6.45) is 1.93. The van der Waals surface area contributed by atoms with Gasteiger partial charge in [-0.25, -0.2) is 8.42 Å². The van der Waals surface area contributed by atoms with Crippen LogP contribution in [0.2, 0.25) is 0 Å². The molecule has 2 aromatic rings. The van der Waals surface area contributed by atoms with E-state index in [-0.39, 0.29) is 30.4 Å². The number of fused-ring (bicyclic) bond motifs is 1. The molecule has 4 rings (SSSR count). The van der Waals surface area contributed by atoms with Crippen LogP contribution in [-0.2, 0) is 14.8 Å². The number of carbonyl (C=O) groups is 1. The number of sulfonamides is 1. The third-order valence-corrected chi connectivity index (χ3v) is 7.21. The molecule has 0 bridgehead atoms. The molecule has 1 N–H and O–H groups in total. The summed E-state index contributed by atoms with van der Waals surface area (Å²) in [5, 5.41) is 3.58. The van der Waals surface area contributed by atoms with Gasteiger partial charge in [-0.1, -0.05) is 18.2 Å². The van der Waals surface area contributed by atoms with Gasteiger partial charge in [0.15, 0.2) is 0 Å². The molecule has 1 saturated heterocycles. The van der Waals surface area contributed by atoms with E-state index in [1.165, 1.54) is 4.31 Å². The van der Waals surface area contributed by atoms with E-state index in [9.17, 15) is 13.2 Å². The normalized spacial score (nSPS) is 23.2. The van der Waals surface area contributed by atoms with Crippen LogP contribution in [0.4, 0.5) is 0 Å². The number of para-hydroxylation sites is 1. The quantitative estimate of drug-likeness (QED) is 0.779. The number of rotatable bonds is 6. The number of aromatic nitrogens is 1. The lowest BCUT2D eigenvalue weighted by molar-refractivity contribution is -0.0440. The molecule has 1 saturated carbocycles. The first-order valence-electron chi connectivity index (χ1n) is 10.1. The van der Waals surface area contributed by atoms with Gasteiger partial charge < -0.3 is 10.1 Å². The van der Waals surface area contributed by atoms with E-state index in [2.05, 4.69) is 10.3 Å². The van der Waals surface area contributed by atoms with E-state index in [0.717, 1.165) is 29.4 Å². The lowest BCUT2D eigenvalue weighted by Gasteiger charge is -2.34. The molecule has 1 amide bonds. The fraction of sp³-hybridized carbons (Fsp3) is 0.524.